The van der Waals surface area contributed by atoms with Crippen LogP contribution in [-0.2, 0) is 4.79 Å². The second-order valence-electron chi connectivity index (χ2n) is 3.09. The molecule has 0 spiro atoms. The van der Waals surface area contributed by atoms with Crippen LogP contribution >= 0.6 is 0 Å². The Bertz CT molecular complexity index is 335. The Morgan fingerprint density at radius 1 is 1.38 bits per heavy atom. The number of carbonyl (C=O) groups is 1. The highest BCUT2D eigenvalue weighted by Gasteiger charge is 2.01. The second kappa shape index (κ2) is 7.74. The van der Waals surface area contributed by atoms with Gasteiger partial charge >= 0.3 is 0 Å². The van der Waals surface area contributed by atoms with Gasteiger partial charge in [0.25, 0.3) is 0 Å². The average molecular weight is 223 g/mol. The van der Waals surface area contributed by atoms with Gasteiger partial charge in [0.1, 0.15) is 5.75 Å². The maximum Gasteiger partial charge on any atom is 0.221 e. The number of ether oxygens (including phenoxy) is 1. The third-order valence-corrected chi connectivity index (χ3v) is 1.80. The number of hydrogen-bond donors (Lipinski definition) is 1. The van der Waals surface area contributed by atoms with E-state index in [1.165, 1.54) is 6.92 Å². The first kappa shape index (κ1) is 14.5. The molecule has 0 atom stereocenters. The van der Waals surface area contributed by atoms with Crippen LogP contribution in [0.2, 0.25) is 0 Å². The SMILES string of the molecule is CC.CCOc1ccc(NC(C)=O)cc1C. The Kier molecular flexibility index (Phi) is 7.01. The molecule has 0 aliphatic carbocycles. The monoisotopic (exact) mass is 223 g/mol. The average Bonchev–Trinajstić information content (AvgIpc) is 2.24. The lowest BCUT2D eigenvalue weighted by Gasteiger charge is -2.08. The van der Waals surface area contributed by atoms with Gasteiger partial charge in [-0.1, -0.05) is 13.8 Å². The molecular weight excluding hydrogens is 202 g/mol. The van der Waals surface area contributed by atoms with Crippen molar-refractivity contribution in [1.82, 2.24) is 0 Å². The zero-order valence-corrected chi connectivity index (χ0v) is 10.8. The molecule has 16 heavy (non-hydrogen) atoms. The van der Waals surface area contributed by atoms with Crippen LogP contribution in [0.15, 0.2) is 18.2 Å². The molecule has 0 saturated carbocycles. The van der Waals surface area contributed by atoms with Crippen LogP contribution in [0, 0.1) is 6.92 Å². The first-order valence-electron chi connectivity index (χ1n) is 5.64. The van der Waals surface area contributed by atoms with Gasteiger partial charge < -0.3 is 10.1 Å². The number of amides is 1. The number of hydrogen-bond acceptors (Lipinski definition) is 2. The number of carbonyl (C=O) groups excluding carboxylic acids is 1. The molecule has 1 N–H and O–H groups in total. The summed E-state index contributed by atoms with van der Waals surface area (Å²) >= 11 is 0. The summed E-state index contributed by atoms with van der Waals surface area (Å²) in [6, 6.07) is 5.59. The smallest absolute Gasteiger partial charge is 0.221 e. The molecule has 0 unspecified atom stereocenters. The van der Waals surface area contributed by atoms with Gasteiger partial charge in [-0.25, -0.2) is 0 Å². The van der Waals surface area contributed by atoms with E-state index in [-0.39, 0.29) is 5.91 Å². The van der Waals surface area contributed by atoms with Gasteiger partial charge in [-0.05, 0) is 37.6 Å². The fraction of sp³-hybridized carbons (Fsp3) is 0.462. The number of anilines is 1. The van der Waals surface area contributed by atoms with Gasteiger partial charge in [0.05, 0.1) is 6.61 Å². The van der Waals surface area contributed by atoms with E-state index in [0.717, 1.165) is 17.0 Å². The zero-order valence-electron chi connectivity index (χ0n) is 10.8. The topological polar surface area (TPSA) is 38.3 Å². The van der Waals surface area contributed by atoms with Gasteiger partial charge in [0, 0.05) is 12.6 Å². The Morgan fingerprint density at radius 3 is 2.44 bits per heavy atom. The van der Waals surface area contributed by atoms with Crippen molar-refractivity contribution in [3.8, 4) is 5.75 Å². The lowest BCUT2D eigenvalue weighted by atomic mass is 10.2. The summed E-state index contributed by atoms with van der Waals surface area (Å²) in [6.45, 7) is 10.0. The van der Waals surface area contributed by atoms with Crippen molar-refractivity contribution in [1.29, 1.82) is 0 Å². The molecule has 0 fully saturated rings. The largest absolute Gasteiger partial charge is 0.494 e. The lowest BCUT2D eigenvalue weighted by molar-refractivity contribution is -0.114. The lowest BCUT2D eigenvalue weighted by Crippen LogP contribution is -2.06. The Morgan fingerprint density at radius 2 is 2.00 bits per heavy atom. The standard InChI is InChI=1S/C11H15NO2.C2H6/c1-4-14-11-6-5-10(7-8(11)2)12-9(3)13;1-2/h5-7H,4H2,1-3H3,(H,12,13);1-2H3. The molecule has 0 aliphatic rings. The van der Waals surface area contributed by atoms with Crippen molar-refractivity contribution in [2.45, 2.75) is 34.6 Å². The van der Waals surface area contributed by atoms with E-state index in [1.54, 1.807) is 0 Å². The van der Waals surface area contributed by atoms with E-state index in [2.05, 4.69) is 5.32 Å². The Labute approximate surface area is 97.8 Å². The van der Waals surface area contributed by atoms with Crippen LogP contribution in [0.25, 0.3) is 0 Å². The summed E-state index contributed by atoms with van der Waals surface area (Å²) in [5.41, 5.74) is 1.83. The van der Waals surface area contributed by atoms with Gasteiger partial charge in [-0.2, -0.15) is 0 Å². The van der Waals surface area contributed by atoms with E-state index < -0.39 is 0 Å². The molecule has 0 radical (unpaired) electrons. The van der Waals surface area contributed by atoms with Crippen molar-refractivity contribution in [3.63, 3.8) is 0 Å². The van der Waals surface area contributed by atoms with Crippen LogP contribution in [-0.4, -0.2) is 12.5 Å². The summed E-state index contributed by atoms with van der Waals surface area (Å²) in [5.74, 6) is 0.801. The number of aryl methyl sites for hydroxylation is 1. The Balaban J connectivity index is 0.00000106. The predicted octanol–water partition coefficient (Wildman–Crippen LogP) is 3.38. The number of nitrogens with one attached hydrogen (secondary N) is 1. The van der Waals surface area contributed by atoms with Crippen molar-refractivity contribution in [2.24, 2.45) is 0 Å². The maximum atomic E-state index is 10.8. The molecule has 0 saturated heterocycles. The van der Waals surface area contributed by atoms with Crippen molar-refractivity contribution in [2.75, 3.05) is 11.9 Å². The summed E-state index contributed by atoms with van der Waals surface area (Å²) in [6.07, 6.45) is 0. The van der Waals surface area contributed by atoms with E-state index in [1.807, 2.05) is 45.9 Å². The van der Waals surface area contributed by atoms with Crippen LogP contribution < -0.4 is 10.1 Å². The van der Waals surface area contributed by atoms with Crippen molar-refractivity contribution in [3.05, 3.63) is 23.8 Å². The summed E-state index contributed by atoms with van der Waals surface area (Å²) in [4.78, 5) is 10.8. The minimum atomic E-state index is -0.0615. The third-order valence-electron chi connectivity index (χ3n) is 1.80. The van der Waals surface area contributed by atoms with E-state index in [9.17, 15) is 4.79 Å². The molecular formula is C13H21NO2. The second-order valence-corrected chi connectivity index (χ2v) is 3.09. The van der Waals surface area contributed by atoms with Crippen molar-refractivity contribution < 1.29 is 9.53 Å². The molecule has 0 aromatic heterocycles. The van der Waals surface area contributed by atoms with Gasteiger partial charge in [0.2, 0.25) is 5.91 Å². The van der Waals surface area contributed by atoms with Crippen LogP contribution in [0.5, 0.6) is 5.75 Å². The minimum absolute atomic E-state index is 0.0615. The molecule has 3 heteroatoms. The van der Waals surface area contributed by atoms with Gasteiger partial charge in [-0.15, -0.1) is 0 Å². The fourth-order valence-corrected chi connectivity index (χ4v) is 1.25. The Hall–Kier alpha value is -1.51. The molecule has 3 nitrogen and oxygen atoms in total. The minimum Gasteiger partial charge on any atom is -0.494 e. The third kappa shape index (κ3) is 4.82. The van der Waals surface area contributed by atoms with Crippen LogP contribution in [0.4, 0.5) is 5.69 Å². The van der Waals surface area contributed by atoms with Gasteiger partial charge in [-0.3, -0.25) is 4.79 Å². The first-order valence-corrected chi connectivity index (χ1v) is 5.64. The van der Waals surface area contributed by atoms with E-state index in [0.29, 0.717) is 6.61 Å². The molecule has 0 bridgehead atoms. The molecule has 90 valence electrons. The molecule has 1 aromatic carbocycles. The van der Waals surface area contributed by atoms with Crippen molar-refractivity contribution >= 4 is 11.6 Å². The van der Waals surface area contributed by atoms with Crippen LogP contribution in [0.3, 0.4) is 0 Å². The highest BCUT2D eigenvalue weighted by atomic mass is 16.5. The quantitative estimate of drug-likeness (QED) is 0.853. The van der Waals surface area contributed by atoms with Crippen LogP contribution in [0.1, 0.15) is 33.3 Å². The number of rotatable bonds is 3. The molecule has 0 heterocycles. The normalized spacial score (nSPS) is 8.81. The number of benzene rings is 1. The molecule has 1 aromatic rings. The molecule has 0 aliphatic heterocycles. The summed E-state index contributed by atoms with van der Waals surface area (Å²) in [5, 5.41) is 2.72. The molecule has 1 amide bonds. The van der Waals surface area contributed by atoms with E-state index in [4.69, 9.17) is 4.74 Å². The van der Waals surface area contributed by atoms with Gasteiger partial charge in [0.15, 0.2) is 0 Å². The highest BCUT2D eigenvalue weighted by Crippen LogP contribution is 2.21. The van der Waals surface area contributed by atoms with E-state index >= 15 is 0 Å². The first-order chi connectivity index (χ1) is 7.63. The fourth-order valence-electron chi connectivity index (χ4n) is 1.25. The maximum absolute atomic E-state index is 10.8. The summed E-state index contributed by atoms with van der Waals surface area (Å²) in [7, 11) is 0. The summed E-state index contributed by atoms with van der Waals surface area (Å²) < 4.78 is 5.38. The zero-order chi connectivity index (χ0) is 12.6. The predicted molar refractivity (Wildman–Crippen MR) is 68.0 cm³/mol. The molecule has 1 rings (SSSR count). The highest BCUT2D eigenvalue weighted by molar-refractivity contribution is 5.88.